The van der Waals surface area contributed by atoms with Gasteiger partial charge in [-0.2, -0.15) is 18.2 Å². The molecule has 0 saturated carbocycles. The SMILES string of the molecule is COc1ccc(-c2noc(Nc3cccc(C(F)(F)F)c3)n2)cc1. The molecule has 0 aliphatic heterocycles. The molecule has 0 unspecified atom stereocenters. The van der Waals surface area contributed by atoms with Gasteiger partial charge in [0.2, 0.25) is 5.82 Å². The third-order valence-corrected chi connectivity index (χ3v) is 3.22. The normalized spacial score (nSPS) is 11.3. The van der Waals surface area contributed by atoms with Crippen molar-refractivity contribution >= 4 is 11.7 Å². The topological polar surface area (TPSA) is 60.2 Å². The van der Waals surface area contributed by atoms with Crippen LogP contribution < -0.4 is 10.1 Å². The van der Waals surface area contributed by atoms with E-state index in [0.29, 0.717) is 17.1 Å². The van der Waals surface area contributed by atoms with E-state index in [-0.39, 0.29) is 11.7 Å². The number of aromatic nitrogens is 2. The molecule has 124 valence electrons. The monoisotopic (exact) mass is 335 g/mol. The average Bonchev–Trinajstić information content (AvgIpc) is 3.03. The Morgan fingerprint density at radius 1 is 1.08 bits per heavy atom. The fourth-order valence-corrected chi connectivity index (χ4v) is 2.03. The zero-order valence-electron chi connectivity index (χ0n) is 12.5. The molecule has 0 atom stereocenters. The largest absolute Gasteiger partial charge is 0.497 e. The van der Waals surface area contributed by atoms with Crippen LogP contribution in [0.2, 0.25) is 0 Å². The highest BCUT2D eigenvalue weighted by molar-refractivity contribution is 5.59. The maximum absolute atomic E-state index is 12.7. The van der Waals surface area contributed by atoms with Gasteiger partial charge in [0.05, 0.1) is 12.7 Å². The van der Waals surface area contributed by atoms with Crippen molar-refractivity contribution in [3.63, 3.8) is 0 Å². The average molecular weight is 335 g/mol. The second-order valence-electron chi connectivity index (χ2n) is 4.86. The van der Waals surface area contributed by atoms with Gasteiger partial charge in [-0.1, -0.05) is 11.2 Å². The van der Waals surface area contributed by atoms with Gasteiger partial charge in [-0.25, -0.2) is 0 Å². The number of anilines is 2. The number of nitrogens with zero attached hydrogens (tertiary/aromatic N) is 2. The van der Waals surface area contributed by atoms with Gasteiger partial charge in [-0.15, -0.1) is 0 Å². The lowest BCUT2D eigenvalue weighted by molar-refractivity contribution is -0.137. The number of alkyl halides is 3. The number of halogens is 3. The molecule has 0 saturated heterocycles. The first-order valence-electron chi connectivity index (χ1n) is 6.88. The summed E-state index contributed by atoms with van der Waals surface area (Å²) in [6.45, 7) is 0. The van der Waals surface area contributed by atoms with Gasteiger partial charge in [0.1, 0.15) is 5.75 Å². The van der Waals surface area contributed by atoms with Gasteiger partial charge in [0.25, 0.3) is 0 Å². The summed E-state index contributed by atoms with van der Waals surface area (Å²) in [6, 6.07) is 11.7. The molecule has 0 fully saturated rings. The Labute approximate surface area is 135 Å². The Bertz CT molecular complexity index is 829. The van der Waals surface area contributed by atoms with Crippen LogP contribution in [0.1, 0.15) is 5.56 Å². The number of methoxy groups -OCH3 is 1. The molecule has 0 spiro atoms. The number of rotatable bonds is 4. The zero-order chi connectivity index (χ0) is 17.2. The van der Waals surface area contributed by atoms with Crippen LogP contribution in [-0.4, -0.2) is 17.3 Å². The molecule has 24 heavy (non-hydrogen) atoms. The Morgan fingerprint density at radius 2 is 1.83 bits per heavy atom. The first-order chi connectivity index (χ1) is 11.5. The number of ether oxygens (including phenoxy) is 1. The molecular formula is C16H12F3N3O2. The molecule has 0 aliphatic rings. The lowest BCUT2D eigenvalue weighted by atomic mass is 10.2. The number of hydrogen-bond donors (Lipinski definition) is 1. The molecule has 0 amide bonds. The third kappa shape index (κ3) is 3.48. The summed E-state index contributed by atoms with van der Waals surface area (Å²) in [6.07, 6.45) is -4.42. The molecule has 5 nitrogen and oxygen atoms in total. The zero-order valence-corrected chi connectivity index (χ0v) is 12.5. The van der Waals surface area contributed by atoms with Crippen molar-refractivity contribution in [2.24, 2.45) is 0 Å². The summed E-state index contributed by atoms with van der Waals surface area (Å²) in [5.74, 6) is 0.997. The molecule has 3 rings (SSSR count). The van der Waals surface area contributed by atoms with E-state index in [1.165, 1.54) is 12.1 Å². The first-order valence-corrected chi connectivity index (χ1v) is 6.88. The molecule has 0 bridgehead atoms. The van der Waals surface area contributed by atoms with Crippen molar-refractivity contribution in [2.75, 3.05) is 12.4 Å². The van der Waals surface area contributed by atoms with Crippen LogP contribution in [0.3, 0.4) is 0 Å². The highest BCUT2D eigenvalue weighted by Crippen LogP contribution is 2.31. The van der Waals surface area contributed by atoms with Crippen LogP contribution in [0.4, 0.5) is 24.9 Å². The summed E-state index contributed by atoms with van der Waals surface area (Å²) in [4.78, 5) is 4.11. The van der Waals surface area contributed by atoms with E-state index in [1.807, 2.05) is 0 Å². The maximum atomic E-state index is 12.7. The Morgan fingerprint density at radius 3 is 2.50 bits per heavy atom. The Hall–Kier alpha value is -3.03. The predicted molar refractivity (Wildman–Crippen MR) is 81.0 cm³/mol. The summed E-state index contributed by atoms with van der Waals surface area (Å²) < 4.78 is 48.2. The van der Waals surface area contributed by atoms with E-state index in [1.54, 1.807) is 31.4 Å². The lowest BCUT2D eigenvalue weighted by Crippen LogP contribution is -2.05. The van der Waals surface area contributed by atoms with Gasteiger partial charge >= 0.3 is 12.2 Å². The molecule has 1 aromatic heterocycles. The standard InChI is InChI=1S/C16H12F3N3O2/c1-23-13-7-5-10(6-8-13)14-21-15(24-22-14)20-12-4-2-3-11(9-12)16(17,18)19/h2-9H,1H3,(H,20,21,22). The molecular weight excluding hydrogens is 323 g/mol. The van der Waals surface area contributed by atoms with Crippen molar-refractivity contribution in [3.8, 4) is 17.1 Å². The van der Waals surface area contributed by atoms with Crippen LogP contribution >= 0.6 is 0 Å². The van der Waals surface area contributed by atoms with E-state index >= 15 is 0 Å². The molecule has 1 heterocycles. The van der Waals surface area contributed by atoms with Crippen LogP contribution in [-0.2, 0) is 6.18 Å². The summed E-state index contributed by atoms with van der Waals surface area (Å²) >= 11 is 0. The van der Waals surface area contributed by atoms with Crippen molar-refractivity contribution in [1.29, 1.82) is 0 Å². The maximum Gasteiger partial charge on any atom is 0.416 e. The van der Waals surface area contributed by atoms with E-state index < -0.39 is 11.7 Å². The fraction of sp³-hybridized carbons (Fsp3) is 0.125. The number of benzene rings is 2. The van der Waals surface area contributed by atoms with Gasteiger partial charge in [0, 0.05) is 11.3 Å². The van der Waals surface area contributed by atoms with Gasteiger partial charge in [-0.3, -0.25) is 0 Å². The minimum atomic E-state index is -4.42. The van der Waals surface area contributed by atoms with E-state index in [9.17, 15) is 13.2 Å². The van der Waals surface area contributed by atoms with Crippen LogP contribution in [0.15, 0.2) is 53.1 Å². The molecule has 8 heteroatoms. The van der Waals surface area contributed by atoms with Crippen molar-refractivity contribution in [2.45, 2.75) is 6.18 Å². The van der Waals surface area contributed by atoms with Crippen molar-refractivity contribution in [1.82, 2.24) is 10.1 Å². The quantitative estimate of drug-likeness (QED) is 0.760. The Balaban J connectivity index is 1.79. The minimum absolute atomic E-state index is 0.000132. The lowest BCUT2D eigenvalue weighted by Gasteiger charge is -2.08. The van der Waals surface area contributed by atoms with E-state index in [4.69, 9.17) is 9.26 Å². The van der Waals surface area contributed by atoms with Gasteiger partial charge in [-0.05, 0) is 42.5 Å². The van der Waals surface area contributed by atoms with E-state index in [2.05, 4.69) is 15.5 Å². The fourth-order valence-electron chi connectivity index (χ4n) is 2.03. The highest BCUT2D eigenvalue weighted by atomic mass is 19.4. The smallest absolute Gasteiger partial charge is 0.416 e. The van der Waals surface area contributed by atoms with Crippen LogP contribution in [0.25, 0.3) is 11.4 Å². The number of hydrogen-bond acceptors (Lipinski definition) is 5. The molecule has 3 aromatic rings. The molecule has 2 aromatic carbocycles. The first kappa shape index (κ1) is 15.9. The van der Waals surface area contributed by atoms with Gasteiger partial charge < -0.3 is 14.6 Å². The summed E-state index contributed by atoms with van der Waals surface area (Å²) in [5.41, 5.74) is 0.133. The second kappa shape index (κ2) is 6.23. The second-order valence-corrected chi connectivity index (χ2v) is 4.86. The summed E-state index contributed by atoms with van der Waals surface area (Å²) in [7, 11) is 1.56. The molecule has 1 N–H and O–H groups in total. The minimum Gasteiger partial charge on any atom is -0.497 e. The predicted octanol–water partition coefficient (Wildman–Crippen LogP) is 4.51. The molecule has 0 aliphatic carbocycles. The van der Waals surface area contributed by atoms with Crippen LogP contribution in [0, 0.1) is 0 Å². The highest BCUT2D eigenvalue weighted by Gasteiger charge is 2.30. The van der Waals surface area contributed by atoms with Crippen molar-refractivity contribution < 1.29 is 22.4 Å². The third-order valence-electron chi connectivity index (χ3n) is 3.22. The number of nitrogens with one attached hydrogen (secondary N) is 1. The van der Waals surface area contributed by atoms with Crippen LogP contribution in [0.5, 0.6) is 5.75 Å². The van der Waals surface area contributed by atoms with Gasteiger partial charge in [0.15, 0.2) is 0 Å². The summed E-state index contributed by atoms with van der Waals surface area (Å²) in [5, 5.41) is 6.46. The van der Waals surface area contributed by atoms with E-state index in [0.717, 1.165) is 12.1 Å². The molecule has 0 radical (unpaired) electrons. The Kier molecular flexibility index (Phi) is 4.11. The van der Waals surface area contributed by atoms with Crippen molar-refractivity contribution in [3.05, 3.63) is 54.1 Å².